The molecular formula is C24H24N6O3. The van der Waals surface area contributed by atoms with Gasteiger partial charge in [-0.25, -0.2) is 15.2 Å². The van der Waals surface area contributed by atoms with E-state index in [1.54, 1.807) is 11.6 Å². The molecule has 9 nitrogen and oxygen atoms in total. The fraction of sp³-hybridized carbons (Fsp3) is 0.208. The van der Waals surface area contributed by atoms with E-state index in [2.05, 4.69) is 15.5 Å². The maximum Gasteiger partial charge on any atom is 0.332 e. The van der Waals surface area contributed by atoms with Crippen molar-refractivity contribution in [2.75, 3.05) is 0 Å². The minimum atomic E-state index is -0.428. The van der Waals surface area contributed by atoms with Crippen molar-refractivity contribution in [2.24, 2.45) is 19.2 Å². The van der Waals surface area contributed by atoms with Crippen LogP contribution in [0.2, 0.25) is 0 Å². The predicted octanol–water partition coefficient (Wildman–Crippen LogP) is 1.78. The van der Waals surface area contributed by atoms with Crippen molar-refractivity contribution in [1.82, 2.24) is 24.1 Å². The second-order valence-electron chi connectivity index (χ2n) is 7.65. The van der Waals surface area contributed by atoms with E-state index >= 15 is 0 Å². The number of nitrogens with zero attached hydrogens (tertiary/aromatic N) is 5. The molecule has 2 aromatic carbocycles. The number of fused-ring (bicyclic) bond motifs is 1. The van der Waals surface area contributed by atoms with E-state index in [0.29, 0.717) is 29.8 Å². The number of hydrazone groups is 1. The number of hydrogen-bond acceptors (Lipinski definition) is 5. The van der Waals surface area contributed by atoms with Crippen LogP contribution in [0.4, 0.5) is 0 Å². The van der Waals surface area contributed by atoms with Crippen molar-refractivity contribution in [1.29, 1.82) is 0 Å². The van der Waals surface area contributed by atoms with E-state index in [1.165, 1.54) is 17.9 Å². The monoisotopic (exact) mass is 444 g/mol. The van der Waals surface area contributed by atoms with Crippen molar-refractivity contribution in [2.45, 2.75) is 19.4 Å². The molecule has 0 aliphatic heterocycles. The first-order chi connectivity index (χ1) is 16.0. The highest BCUT2D eigenvalue weighted by Crippen LogP contribution is 2.11. The maximum absolute atomic E-state index is 12.5. The van der Waals surface area contributed by atoms with Gasteiger partial charge in [0.05, 0.1) is 12.0 Å². The van der Waals surface area contributed by atoms with Crippen molar-refractivity contribution < 1.29 is 4.79 Å². The summed E-state index contributed by atoms with van der Waals surface area (Å²) in [6.45, 7) is 0.408. The lowest BCUT2D eigenvalue weighted by Crippen LogP contribution is -2.37. The Morgan fingerprint density at radius 2 is 1.55 bits per heavy atom. The van der Waals surface area contributed by atoms with E-state index in [0.717, 1.165) is 15.7 Å². The molecule has 0 saturated carbocycles. The number of imidazole rings is 1. The topological polar surface area (TPSA) is 103 Å². The molecule has 4 rings (SSSR count). The SMILES string of the molecule is Cn1c(=O)c2c(ncn2CCCC(=O)NN=C(c2ccccc2)c2ccccc2)n(C)c1=O. The summed E-state index contributed by atoms with van der Waals surface area (Å²) in [5.74, 6) is -0.232. The van der Waals surface area contributed by atoms with Crippen LogP contribution in [0.15, 0.2) is 81.7 Å². The molecule has 0 fully saturated rings. The van der Waals surface area contributed by atoms with Crippen molar-refractivity contribution >= 4 is 22.8 Å². The molecule has 1 amide bonds. The Kier molecular flexibility index (Phi) is 6.30. The van der Waals surface area contributed by atoms with Gasteiger partial charge in [0.15, 0.2) is 11.2 Å². The molecule has 33 heavy (non-hydrogen) atoms. The molecule has 4 aromatic rings. The number of benzene rings is 2. The molecule has 0 radical (unpaired) electrons. The number of aromatic nitrogens is 4. The van der Waals surface area contributed by atoms with Gasteiger partial charge in [-0.15, -0.1) is 0 Å². The maximum atomic E-state index is 12.5. The molecule has 0 spiro atoms. The van der Waals surface area contributed by atoms with E-state index in [9.17, 15) is 14.4 Å². The van der Waals surface area contributed by atoms with Crippen LogP contribution < -0.4 is 16.7 Å². The van der Waals surface area contributed by atoms with Gasteiger partial charge < -0.3 is 4.57 Å². The highest BCUT2D eigenvalue weighted by molar-refractivity contribution is 6.13. The van der Waals surface area contributed by atoms with Gasteiger partial charge in [-0.1, -0.05) is 60.7 Å². The van der Waals surface area contributed by atoms with Gasteiger partial charge in [0, 0.05) is 38.2 Å². The van der Waals surface area contributed by atoms with E-state index in [4.69, 9.17) is 0 Å². The summed E-state index contributed by atoms with van der Waals surface area (Å²) >= 11 is 0. The number of amides is 1. The molecule has 9 heteroatoms. The third kappa shape index (κ3) is 4.52. The van der Waals surface area contributed by atoms with Crippen molar-refractivity contribution in [3.05, 3.63) is 99.0 Å². The second-order valence-corrected chi connectivity index (χ2v) is 7.65. The van der Waals surface area contributed by atoms with E-state index in [-0.39, 0.29) is 12.3 Å². The van der Waals surface area contributed by atoms with Crippen molar-refractivity contribution in [3.8, 4) is 0 Å². The summed E-state index contributed by atoms with van der Waals surface area (Å²) in [6.07, 6.45) is 2.21. The first-order valence-electron chi connectivity index (χ1n) is 10.6. The molecule has 0 saturated heterocycles. The van der Waals surface area contributed by atoms with Crippen LogP contribution in [-0.2, 0) is 25.4 Å². The number of nitrogens with one attached hydrogen (secondary N) is 1. The first-order valence-corrected chi connectivity index (χ1v) is 10.6. The Morgan fingerprint density at radius 1 is 0.939 bits per heavy atom. The Labute approximate surface area is 189 Å². The standard InChI is InChI=1S/C24H24N6O3/c1-28-22-21(23(32)29(2)24(28)33)30(16-25-22)15-9-14-19(31)26-27-20(17-10-5-3-6-11-17)18-12-7-4-8-13-18/h3-8,10-13,16H,9,14-15H2,1-2H3,(H,26,31). The summed E-state index contributed by atoms with van der Waals surface area (Å²) in [7, 11) is 3.01. The van der Waals surface area contributed by atoms with Crippen LogP contribution in [0.5, 0.6) is 0 Å². The molecule has 0 aliphatic rings. The van der Waals surface area contributed by atoms with Crippen LogP contribution in [-0.4, -0.2) is 30.3 Å². The molecule has 0 bridgehead atoms. The molecule has 2 heterocycles. The van der Waals surface area contributed by atoms with Gasteiger partial charge in [0.2, 0.25) is 5.91 Å². The van der Waals surface area contributed by atoms with Gasteiger partial charge in [-0.05, 0) is 6.42 Å². The van der Waals surface area contributed by atoms with Crippen LogP contribution in [0.1, 0.15) is 24.0 Å². The number of aryl methyl sites for hydroxylation is 2. The molecular weight excluding hydrogens is 420 g/mol. The number of rotatable bonds is 7. The van der Waals surface area contributed by atoms with Crippen LogP contribution >= 0.6 is 0 Å². The van der Waals surface area contributed by atoms with Gasteiger partial charge in [0.1, 0.15) is 0 Å². The molecule has 1 N–H and O–H groups in total. The van der Waals surface area contributed by atoms with Crippen LogP contribution in [0, 0.1) is 0 Å². The zero-order valence-corrected chi connectivity index (χ0v) is 18.4. The van der Waals surface area contributed by atoms with Crippen LogP contribution in [0.3, 0.4) is 0 Å². The average Bonchev–Trinajstić information content (AvgIpc) is 3.27. The lowest BCUT2D eigenvalue weighted by atomic mass is 10.0. The number of carbonyl (C=O) groups is 1. The summed E-state index contributed by atoms with van der Waals surface area (Å²) in [5, 5.41) is 4.38. The molecule has 0 atom stereocenters. The minimum absolute atomic E-state index is 0.214. The van der Waals surface area contributed by atoms with Gasteiger partial charge in [-0.2, -0.15) is 5.10 Å². The highest BCUT2D eigenvalue weighted by atomic mass is 16.2. The third-order valence-electron chi connectivity index (χ3n) is 5.41. The number of carbonyl (C=O) groups excluding carboxylic acids is 1. The Bertz CT molecular complexity index is 1390. The minimum Gasteiger partial charge on any atom is -0.325 e. The van der Waals surface area contributed by atoms with Crippen molar-refractivity contribution in [3.63, 3.8) is 0 Å². The molecule has 0 aliphatic carbocycles. The zero-order chi connectivity index (χ0) is 23.4. The Hall–Kier alpha value is -4.27. The molecule has 0 unspecified atom stereocenters. The average molecular weight is 444 g/mol. The van der Waals surface area contributed by atoms with E-state index in [1.807, 2.05) is 60.7 Å². The third-order valence-corrected chi connectivity index (χ3v) is 5.41. The van der Waals surface area contributed by atoms with Gasteiger partial charge in [-0.3, -0.25) is 18.7 Å². The predicted molar refractivity (Wildman–Crippen MR) is 126 cm³/mol. The number of hydrogen-bond donors (Lipinski definition) is 1. The first kappa shape index (κ1) is 21.9. The summed E-state index contributed by atoms with van der Waals surface area (Å²) in [6, 6.07) is 19.3. The Morgan fingerprint density at radius 3 is 2.15 bits per heavy atom. The van der Waals surface area contributed by atoms with Gasteiger partial charge in [0.25, 0.3) is 5.56 Å². The fourth-order valence-electron chi connectivity index (χ4n) is 3.64. The Balaban J connectivity index is 1.46. The lowest BCUT2D eigenvalue weighted by molar-refractivity contribution is -0.121. The zero-order valence-electron chi connectivity index (χ0n) is 18.4. The second kappa shape index (κ2) is 9.47. The highest BCUT2D eigenvalue weighted by Gasteiger charge is 2.14. The van der Waals surface area contributed by atoms with E-state index < -0.39 is 11.2 Å². The summed E-state index contributed by atoms with van der Waals surface area (Å²) < 4.78 is 4.06. The largest absolute Gasteiger partial charge is 0.332 e. The quantitative estimate of drug-likeness (QED) is 0.347. The molecule has 2 aromatic heterocycles. The smallest absolute Gasteiger partial charge is 0.325 e. The van der Waals surface area contributed by atoms with Crippen LogP contribution in [0.25, 0.3) is 11.2 Å². The normalized spacial score (nSPS) is 10.8. The lowest BCUT2D eigenvalue weighted by Gasteiger charge is -2.08. The fourth-order valence-corrected chi connectivity index (χ4v) is 3.64. The summed E-state index contributed by atoms with van der Waals surface area (Å²) in [5.41, 5.74) is 4.95. The van der Waals surface area contributed by atoms with Gasteiger partial charge >= 0.3 is 5.69 Å². The molecule has 168 valence electrons. The summed E-state index contributed by atoms with van der Waals surface area (Å²) in [4.78, 5) is 41.2.